The van der Waals surface area contributed by atoms with Crippen molar-refractivity contribution in [2.24, 2.45) is 0 Å². The van der Waals surface area contributed by atoms with E-state index in [-0.39, 0.29) is 12.2 Å². The molecular weight excluding hydrogens is 244 g/mol. The molecule has 0 heterocycles. The Morgan fingerprint density at radius 1 is 1.05 bits per heavy atom. The highest BCUT2D eigenvalue weighted by Gasteiger charge is 2.05. The maximum atomic E-state index is 13.5. The van der Waals surface area contributed by atoms with E-state index in [4.69, 9.17) is 0 Å². The van der Waals surface area contributed by atoms with E-state index in [1.54, 1.807) is 0 Å². The summed E-state index contributed by atoms with van der Waals surface area (Å²) in [5.41, 5.74) is 1.31. The second kappa shape index (κ2) is 6.01. The van der Waals surface area contributed by atoms with Crippen LogP contribution in [0.5, 0.6) is 0 Å². The molecule has 19 heavy (non-hydrogen) atoms. The number of nitrogens with one attached hydrogen (secondary N) is 1. The fraction of sp³-hybridized carbons (Fsp3) is 0.125. The number of anilines is 1. The Morgan fingerprint density at radius 2 is 1.79 bits per heavy atom. The lowest BCUT2D eigenvalue weighted by Crippen LogP contribution is -2.02. The summed E-state index contributed by atoms with van der Waals surface area (Å²) >= 11 is 0. The number of benzene rings is 2. The van der Waals surface area contributed by atoms with Crippen LogP contribution in [0, 0.1) is 30.4 Å². The van der Waals surface area contributed by atoms with Crippen molar-refractivity contribution in [3.8, 4) is 11.8 Å². The van der Waals surface area contributed by atoms with E-state index in [1.165, 1.54) is 13.0 Å². The maximum absolute atomic E-state index is 13.5. The molecule has 0 amide bonds. The summed E-state index contributed by atoms with van der Waals surface area (Å²) in [5, 5.41) is 2.76. The van der Waals surface area contributed by atoms with Crippen LogP contribution in [0.25, 0.3) is 0 Å². The Hall–Kier alpha value is -2.34. The minimum Gasteiger partial charge on any atom is -0.372 e. The fourth-order valence-corrected chi connectivity index (χ4v) is 1.59. The molecule has 0 aliphatic heterocycles. The van der Waals surface area contributed by atoms with Crippen molar-refractivity contribution >= 4 is 5.69 Å². The van der Waals surface area contributed by atoms with Crippen LogP contribution in [0.4, 0.5) is 14.5 Å². The Bertz CT molecular complexity index is 624. The molecule has 1 N–H and O–H groups in total. The first-order valence-electron chi connectivity index (χ1n) is 5.90. The molecule has 0 unspecified atom stereocenters. The first-order valence-corrected chi connectivity index (χ1v) is 5.90. The topological polar surface area (TPSA) is 12.0 Å². The zero-order chi connectivity index (χ0) is 13.7. The number of hydrogen-bond acceptors (Lipinski definition) is 1. The van der Waals surface area contributed by atoms with Gasteiger partial charge in [-0.25, -0.2) is 8.78 Å². The standard InChI is InChI=1S/C16H13F2N/c1-12-10-15(18)16(11-14(12)17)19-9-5-8-13-6-3-2-4-7-13/h2-4,6-7,10-11,19H,9H2,1H3. The molecule has 2 aromatic rings. The highest BCUT2D eigenvalue weighted by atomic mass is 19.1. The fourth-order valence-electron chi connectivity index (χ4n) is 1.59. The molecule has 1 nitrogen and oxygen atoms in total. The summed E-state index contributed by atoms with van der Waals surface area (Å²) in [6.07, 6.45) is 0. The van der Waals surface area contributed by atoms with Gasteiger partial charge in [0.2, 0.25) is 0 Å². The summed E-state index contributed by atoms with van der Waals surface area (Å²) in [7, 11) is 0. The Morgan fingerprint density at radius 3 is 2.53 bits per heavy atom. The molecule has 0 radical (unpaired) electrons. The number of halogens is 2. The lowest BCUT2D eigenvalue weighted by Gasteiger charge is -2.05. The molecule has 0 saturated heterocycles. The van der Waals surface area contributed by atoms with Gasteiger partial charge < -0.3 is 5.32 Å². The lowest BCUT2D eigenvalue weighted by molar-refractivity contribution is 0.595. The highest BCUT2D eigenvalue weighted by Crippen LogP contribution is 2.18. The molecule has 0 aliphatic carbocycles. The molecule has 0 aliphatic rings. The van der Waals surface area contributed by atoms with Crippen LogP contribution in [0.3, 0.4) is 0 Å². The van der Waals surface area contributed by atoms with Gasteiger partial charge in [0.05, 0.1) is 12.2 Å². The van der Waals surface area contributed by atoms with Crippen molar-refractivity contribution in [2.75, 3.05) is 11.9 Å². The van der Waals surface area contributed by atoms with Crippen molar-refractivity contribution in [3.63, 3.8) is 0 Å². The van der Waals surface area contributed by atoms with Gasteiger partial charge in [0, 0.05) is 11.6 Å². The van der Waals surface area contributed by atoms with Crippen LogP contribution >= 0.6 is 0 Å². The third-order valence-corrected chi connectivity index (χ3v) is 2.62. The molecule has 0 fully saturated rings. The van der Waals surface area contributed by atoms with Crippen molar-refractivity contribution in [1.29, 1.82) is 0 Å². The summed E-state index contributed by atoms with van der Waals surface area (Å²) in [6, 6.07) is 11.8. The van der Waals surface area contributed by atoms with E-state index in [1.807, 2.05) is 30.3 Å². The molecule has 2 rings (SSSR count). The average Bonchev–Trinajstić information content (AvgIpc) is 2.41. The van der Waals surface area contributed by atoms with Gasteiger partial charge in [-0.2, -0.15) is 0 Å². The average molecular weight is 257 g/mol. The van der Waals surface area contributed by atoms with Gasteiger partial charge in [0.1, 0.15) is 11.6 Å². The van der Waals surface area contributed by atoms with E-state index in [0.717, 1.165) is 11.6 Å². The normalized spacial score (nSPS) is 9.63. The molecule has 0 atom stereocenters. The van der Waals surface area contributed by atoms with Crippen LogP contribution in [0.1, 0.15) is 11.1 Å². The predicted octanol–water partition coefficient (Wildman–Crippen LogP) is 3.74. The zero-order valence-corrected chi connectivity index (χ0v) is 10.5. The van der Waals surface area contributed by atoms with E-state index in [9.17, 15) is 8.78 Å². The molecule has 96 valence electrons. The Kier molecular flexibility index (Phi) is 4.15. The van der Waals surface area contributed by atoms with Crippen LogP contribution in [0.2, 0.25) is 0 Å². The zero-order valence-electron chi connectivity index (χ0n) is 10.5. The van der Waals surface area contributed by atoms with Crippen LogP contribution in [-0.4, -0.2) is 6.54 Å². The van der Waals surface area contributed by atoms with Gasteiger partial charge >= 0.3 is 0 Å². The van der Waals surface area contributed by atoms with Crippen molar-refractivity contribution in [1.82, 2.24) is 0 Å². The minimum atomic E-state index is -0.472. The third-order valence-electron chi connectivity index (χ3n) is 2.62. The Balaban J connectivity index is 2.01. The molecule has 0 saturated carbocycles. The maximum Gasteiger partial charge on any atom is 0.146 e. The molecule has 0 aromatic heterocycles. The first-order chi connectivity index (χ1) is 9.16. The second-order valence-corrected chi connectivity index (χ2v) is 4.10. The summed E-state index contributed by atoms with van der Waals surface area (Å²) < 4.78 is 26.8. The number of rotatable bonds is 2. The lowest BCUT2D eigenvalue weighted by atomic mass is 10.2. The van der Waals surface area contributed by atoms with Gasteiger partial charge in [-0.1, -0.05) is 30.0 Å². The van der Waals surface area contributed by atoms with E-state index < -0.39 is 11.6 Å². The summed E-state index contributed by atoms with van der Waals surface area (Å²) in [4.78, 5) is 0. The van der Waals surface area contributed by atoms with E-state index in [2.05, 4.69) is 17.2 Å². The quantitative estimate of drug-likeness (QED) is 0.808. The predicted molar refractivity (Wildman–Crippen MR) is 72.9 cm³/mol. The molecule has 2 aromatic carbocycles. The number of hydrogen-bond donors (Lipinski definition) is 1. The molecule has 0 bridgehead atoms. The molecular formula is C16H13F2N. The van der Waals surface area contributed by atoms with E-state index >= 15 is 0 Å². The van der Waals surface area contributed by atoms with Crippen molar-refractivity contribution in [2.45, 2.75) is 6.92 Å². The third kappa shape index (κ3) is 3.56. The summed E-state index contributed by atoms with van der Waals surface area (Å²) in [6.45, 7) is 1.78. The first kappa shape index (κ1) is 13.1. The molecule has 0 spiro atoms. The highest BCUT2D eigenvalue weighted by molar-refractivity contribution is 5.48. The minimum absolute atomic E-state index is 0.130. The van der Waals surface area contributed by atoms with Gasteiger partial charge in [-0.3, -0.25) is 0 Å². The summed E-state index contributed by atoms with van der Waals surface area (Å²) in [5.74, 6) is 4.89. The van der Waals surface area contributed by atoms with Gasteiger partial charge in [0.15, 0.2) is 0 Å². The van der Waals surface area contributed by atoms with Gasteiger partial charge in [-0.05, 0) is 30.7 Å². The molecule has 3 heteroatoms. The Labute approximate surface area is 111 Å². The van der Waals surface area contributed by atoms with Gasteiger partial charge in [0.25, 0.3) is 0 Å². The van der Waals surface area contributed by atoms with Crippen molar-refractivity contribution < 1.29 is 8.78 Å². The van der Waals surface area contributed by atoms with Gasteiger partial charge in [-0.15, -0.1) is 0 Å². The second-order valence-electron chi connectivity index (χ2n) is 4.10. The van der Waals surface area contributed by atoms with Crippen LogP contribution < -0.4 is 5.32 Å². The SMILES string of the molecule is Cc1cc(F)c(NCC#Cc2ccccc2)cc1F. The van der Waals surface area contributed by atoms with E-state index in [0.29, 0.717) is 5.56 Å². The largest absolute Gasteiger partial charge is 0.372 e. The van der Waals surface area contributed by atoms with Crippen molar-refractivity contribution in [3.05, 3.63) is 65.2 Å². The van der Waals surface area contributed by atoms with Crippen LogP contribution in [-0.2, 0) is 0 Å². The van der Waals surface area contributed by atoms with Crippen LogP contribution in [0.15, 0.2) is 42.5 Å². The number of aryl methyl sites for hydroxylation is 1. The monoisotopic (exact) mass is 257 g/mol. The smallest absolute Gasteiger partial charge is 0.146 e.